The van der Waals surface area contributed by atoms with Gasteiger partial charge in [-0.3, -0.25) is 9.80 Å². The second kappa shape index (κ2) is 10.2. The molecule has 0 radical (unpaired) electrons. The number of aliphatic hydroxyl groups excluding tert-OH is 1. The third-order valence-electron chi connectivity index (χ3n) is 8.65. The van der Waals surface area contributed by atoms with Crippen LogP contribution in [0.4, 0.5) is 5.82 Å². The fourth-order valence-corrected chi connectivity index (χ4v) is 6.50. The van der Waals surface area contributed by atoms with Crippen LogP contribution in [0.1, 0.15) is 35.2 Å². The summed E-state index contributed by atoms with van der Waals surface area (Å²) in [7, 11) is 1.64. The summed E-state index contributed by atoms with van der Waals surface area (Å²) in [5, 5.41) is 24.4. The van der Waals surface area contributed by atoms with Crippen LogP contribution in [-0.2, 0) is 6.54 Å². The van der Waals surface area contributed by atoms with Crippen LogP contribution in [0.5, 0.6) is 5.88 Å². The first-order chi connectivity index (χ1) is 19.6. The van der Waals surface area contributed by atoms with Crippen molar-refractivity contribution in [3.8, 4) is 11.9 Å². The summed E-state index contributed by atoms with van der Waals surface area (Å²) in [5.41, 5.74) is 4.40. The van der Waals surface area contributed by atoms with E-state index in [9.17, 15) is 10.4 Å². The Hall–Kier alpha value is -4.04. The molecule has 5 aliphatic rings. The number of hydrogen-bond acceptors (Lipinski definition) is 9. The van der Waals surface area contributed by atoms with Crippen molar-refractivity contribution in [3.05, 3.63) is 77.4 Å². The van der Waals surface area contributed by atoms with Crippen LogP contribution in [0.2, 0.25) is 0 Å². The van der Waals surface area contributed by atoms with E-state index in [0.717, 1.165) is 55.2 Å². The predicted octanol–water partition coefficient (Wildman–Crippen LogP) is 2.37. The fraction of sp³-hybridized carbons (Fsp3) is 0.400. The number of pyridine rings is 2. The normalized spacial score (nSPS) is 26.0. The highest BCUT2D eigenvalue weighted by Gasteiger charge is 2.44. The number of piperazine rings is 1. The number of likely N-dealkylation sites (tertiary alicyclic amines) is 1. The maximum absolute atomic E-state index is 10.1. The van der Waals surface area contributed by atoms with Crippen molar-refractivity contribution in [1.82, 2.24) is 29.5 Å². The fourth-order valence-electron chi connectivity index (χ4n) is 6.50. The van der Waals surface area contributed by atoms with Crippen LogP contribution in [0.15, 0.2) is 55.0 Å². The number of β-amino-alcohol motifs (C(OH)–C–C–N with tert-alkyl or cyclic N) is 1. The lowest BCUT2D eigenvalue weighted by atomic mass is 9.87. The Morgan fingerprint density at radius 1 is 1.07 bits per heavy atom. The first-order valence-electron chi connectivity index (χ1n) is 13.9. The van der Waals surface area contributed by atoms with Gasteiger partial charge in [-0.25, -0.2) is 14.6 Å². The summed E-state index contributed by atoms with van der Waals surface area (Å²) in [5.74, 6) is 1.62. The number of fused-ring (bicyclic) bond motifs is 3. The molecular formula is C30H32N8O2. The molecule has 0 aromatic carbocycles. The molecule has 0 aliphatic carbocycles. The van der Waals surface area contributed by atoms with Gasteiger partial charge in [-0.05, 0) is 36.6 Å². The maximum atomic E-state index is 10.1. The number of aromatic nitrogens is 4. The monoisotopic (exact) mass is 536 g/mol. The zero-order valence-electron chi connectivity index (χ0n) is 22.5. The van der Waals surface area contributed by atoms with Crippen molar-refractivity contribution in [2.24, 2.45) is 0 Å². The van der Waals surface area contributed by atoms with Gasteiger partial charge in [0.05, 0.1) is 30.7 Å². The number of piperidine rings is 1. The Labute approximate surface area is 233 Å². The van der Waals surface area contributed by atoms with Crippen LogP contribution in [0.25, 0.3) is 11.8 Å². The zero-order chi connectivity index (χ0) is 27.2. The minimum absolute atomic E-state index is 0.00107. The second-order valence-electron chi connectivity index (χ2n) is 11.0. The third-order valence-corrected chi connectivity index (χ3v) is 8.65. The van der Waals surface area contributed by atoms with Gasteiger partial charge >= 0.3 is 0 Å². The van der Waals surface area contributed by atoms with Crippen molar-refractivity contribution in [2.45, 2.75) is 43.6 Å². The summed E-state index contributed by atoms with van der Waals surface area (Å²) in [6, 6.07) is 11.5. The van der Waals surface area contributed by atoms with E-state index in [1.807, 2.05) is 24.7 Å². The molecule has 5 aliphatic heterocycles. The van der Waals surface area contributed by atoms with Gasteiger partial charge in [0.1, 0.15) is 11.9 Å². The van der Waals surface area contributed by atoms with E-state index < -0.39 is 0 Å². The van der Waals surface area contributed by atoms with Crippen LogP contribution in [0, 0.1) is 11.3 Å². The van der Waals surface area contributed by atoms with Crippen LogP contribution >= 0.6 is 0 Å². The number of methoxy groups -OCH3 is 1. The summed E-state index contributed by atoms with van der Waals surface area (Å²) >= 11 is 0. The Morgan fingerprint density at radius 2 is 1.95 bits per heavy atom. The number of rotatable bonds is 6. The topological polar surface area (TPSA) is 107 Å². The molecule has 3 aromatic heterocycles. The lowest BCUT2D eigenvalue weighted by Crippen LogP contribution is -2.68. The molecule has 10 nitrogen and oxygen atoms in total. The lowest BCUT2D eigenvalue weighted by Gasteiger charge is -2.56. The Bertz CT molecular complexity index is 1480. The van der Waals surface area contributed by atoms with Gasteiger partial charge in [0.25, 0.3) is 0 Å². The Morgan fingerprint density at radius 3 is 2.62 bits per heavy atom. The first-order valence-corrected chi connectivity index (χ1v) is 13.9. The average Bonchev–Trinajstić information content (AvgIpc) is 3.57. The molecule has 1 N–H and O–H groups in total. The standard InChI is InChI=1S/C30H32N8O2/c1-40-29-5-2-20(13-33-29)16-37-24-10-25(37)18-36(17-24)28-4-3-21(14-32-28)27-11-23(35-8-7-26(39)19-35)6-9-38-30(27)22(12-31)15-34-38/h2-6,9,11,13-15,23-26,39H,7-8,10,16-19H2,1H3. The lowest BCUT2D eigenvalue weighted by molar-refractivity contribution is -0.00877. The molecule has 4 unspecified atom stereocenters. The van der Waals surface area contributed by atoms with Gasteiger partial charge in [-0.15, -0.1) is 0 Å². The molecule has 4 atom stereocenters. The zero-order valence-corrected chi connectivity index (χ0v) is 22.5. The largest absolute Gasteiger partial charge is 0.481 e. The molecule has 0 amide bonds. The predicted molar refractivity (Wildman–Crippen MR) is 150 cm³/mol. The molecule has 8 rings (SSSR count). The van der Waals surface area contributed by atoms with Crippen molar-refractivity contribution in [1.29, 1.82) is 5.26 Å². The number of nitriles is 1. The smallest absolute Gasteiger partial charge is 0.212 e. The second-order valence-corrected chi connectivity index (χ2v) is 11.0. The number of ether oxygens (including phenoxy) is 1. The average molecular weight is 537 g/mol. The van der Waals surface area contributed by atoms with Gasteiger partial charge in [0.15, 0.2) is 0 Å². The molecule has 8 heterocycles. The molecule has 2 bridgehead atoms. The molecule has 3 aromatic rings. The molecule has 4 fully saturated rings. The minimum atomic E-state index is -0.305. The quantitative estimate of drug-likeness (QED) is 0.508. The van der Waals surface area contributed by atoms with Gasteiger partial charge < -0.3 is 14.7 Å². The molecule has 10 heteroatoms. The van der Waals surface area contributed by atoms with Crippen molar-refractivity contribution in [3.63, 3.8) is 0 Å². The van der Waals surface area contributed by atoms with Crippen molar-refractivity contribution < 1.29 is 9.84 Å². The number of aliphatic hydroxyl groups is 1. The van der Waals surface area contributed by atoms with E-state index in [0.29, 0.717) is 30.1 Å². The molecule has 40 heavy (non-hydrogen) atoms. The van der Waals surface area contributed by atoms with Gasteiger partial charge in [-0.2, -0.15) is 10.4 Å². The summed E-state index contributed by atoms with van der Waals surface area (Å²) in [6.07, 6.45) is 13.3. The summed E-state index contributed by atoms with van der Waals surface area (Å²) in [6.45, 7) is 4.26. The molecule has 204 valence electrons. The first kappa shape index (κ1) is 25.0. The van der Waals surface area contributed by atoms with E-state index in [2.05, 4.69) is 61.2 Å². The van der Waals surface area contributed by atoms with Gasteiger partial charge in [-0.1, -0.05) is 12.1 Å². The van der Waals surface area contributed by atoms with Crippen LogP contribution in [0.3, 0.4) is 0 Å². The SMILES string of the molecule is COc1ccc(CN2C3CC2CN(c2ccc(C4=CC(N5CCC(O)C5)C=Cn5ncc(C#N)c54)cn2)C3)cn1. The minimum Gasteiger partial charge on any atom is -0.481 e. The number of anilines is 1. The van der Waals surface area contributed by atoms with E-state index in [1.54, 1.807) is 18.0 Å². The summed E-state index contributed by atoms with van der Waals surface area (Å²) < 4.78 is 6.96. The van der Waals surface area contributed by atoms with Crippen molar-refractivity contribution in [2.75, 3.05) is 38.2 Å². The molecular weight excluding hydrogens is 504 g/mol. The molecule has 4 saturated heterocycles. The number of nitrogens with zero attached hydrogens (tertiary/aromatic N) is 8. The van der Waals surface area contributed by atoms with E-state index in [1.165, 1.54) is 12.0 Å². The molecule has 0 saturated carbocycles. The highest BCUT2D eigenvalue weighted by atomic mass is 16.5. The van der Waals surface area contributed by atoms with E-state index in [-0.39, 0.29) is 12.1 Å². The van der Waals surface area contributed by atoms with Gasteiger partial charge in [0.2, 0.25) is 5.88 Å². The van der Waals surface area contributed by atoms with Crippen LogP contribution < -0.4 is 9.64 Å². The maximum Gasteiger partial charge on any atom is 0.212 e. The van der Waals surface area contributed by atoms with Crippen LogP contribution in [-0.4, -0.2) is 92.2 Å². The third kappa shape index (κ3) is 4.46. The highest BCUT2D eigenvalue weighted by molar-refractivity contribution is 5.83. The van der Waals surface area contributed by atoms with Gasteiger partial charge in [0, 0.05) is 86.6 Å². The van der Waals surface area contributed by atoms with E-state index >= 15 is 0 Å². The summed E-state index contributed by atoms with van der Waals surface area (Å²) in [4.78, 5) is 16.5. The molecule has 0 spiro atoms. The number of hydrogen-bond donors (Lipinski definition) is 1. The Kier molecular flexibility index (Phi) is 6.35. The van der Waals surface area contributed by atoms with E-state index in [4.69, 9.17) is 9.72 Å². The van der Waals surface area contributed by atoms with Crippen molar-refractivity contribution >= 4 is 17.6 Å². The Balaban J connectivity index is 1.09. The highest BCUT2D eigenvalue weighted by Crippen LogP contribution is 2.36.